The molecule has 0 spiro atoms. The van der Waals surface area contributed by atoms with E-state index in [1.54, 1.807) is 0 Å². The van der Waals surface area contributed by atoms with Gasteiger partial charge in [0.15, 0.2) is 22.5 Å². The lowest BCUT2D eigenvalue weighted by Crippen LogP contribution is -2.36. The number of anilines is 1. The highest BCUT2D eigenvalue weighted by molar-refractivity contribution is 7.80. The van der Waals surface area contributed by atoms with Gasteiger partial charge in [0.25, 0.3) is 11.8 Å². The fraction of sp³-hybridized carbons (Fsp3) is 0.278. The number of thiocarbonyl (C=S) groups is 1. The Balaban J connectivity index is 1.86. The van der Waals surface area contributed by atoms with Crippen molar-refractivity contribution in [3.63, 3.8) is 0 Å². The molecule has 12 heteroatoms. The Bertz CT molecular complexity index is 1040. The van der Waals surface area contributed by atoms with Crippen molar-refractivity contribution in [1.82, 2.24) is 5.32 Å². The second kappa shape index (κ2) is 8.56. The van der Waals surface area contributed by atoms with Gasteiger partial charge in [0, 0.05) is 4.88 Å². The largest absolute Gasteiger partial charge is 0.491 e. The minimum Gasteiger partial charge on any atom is -0.491 e. The van der Waals surface area contributed by atoms with E-state index in [2.05, 4.69) is 10.1 Å². The van der Waals surface area contributed by atoms with E-state index in [1.165, 1.54) is 11.3 Å². The normalized spacial score (nSPS) is 12.8. The van der Waals surface area contributed by atoms with Crippen LogP contribution in [0.25, 0.3) is 0 Å². The van der Waals surface area contributed by atoms with Crippen molar-refractivity contribution in [2.75, 3.05) is 12.4 Å². The number of fused-ring (bicyclic) bond motifs is 1. The highest BCUT2D eigenvalue weighted by Gasteiger charge is 2.31. The summed E-state index contributed by atoms with van der Waals surface area (Å²) in [4.78, 5) is 25.0. The molecule has 0 bridgehead atoms. The summed E-state index contributed by atoms with van der Waals surface area (Å²) in [5, 5.41) is 4.38. The summed E-state index contributed by atoms with van der Waals surface area (Å²) in [6.45, 7) is 0. The summed E-state index contributed by atoms with van der Waals surface area (Å²) >= 11 is 6.18. The van der Waals surface area contributed by atoms with Crippen LogP contribution in [0.4, 0.5) is 22.6 Å². The lowest BCUT2D eigenvalue weighted by molar-refractivity contribution is 0.0964. The Kier molecular flexibility index (Phi) is 6.27. The monoisotopic (exact) mass is 461 g/mol. The van der Waals surface area contributed by atoms with Crippen LogP contribution in [0, 0.1) is 23.3 Å². The molecular weight excluding hydrogens is 446 g/mol. The van der Waals surface area contributed by atoms with E-state index in [4.69, 9.17) is 18.0 Å². The number of rotatable bonds is 4. The molecular formula is C18H15F4N3O3S2. The molecule has 0 atom stereocenters. The van der Waals surface area contributed by atoms with Gasteiger partial charge in [-0.25, -0.2) is 8.78 Å². The minimum atomic E-state index is -1.93. The molecule has 1 aliphatic carbocycles. The van der Waals surface area contributed by atoms with Gasteiger partial charge in [0.2, 0.25) is 11.6 Å². The zero-order valence-corrected chi connectivity index (χ0v) is 17.1. The number of aryl methyl sites for hydroxylation is 1. The van der Waals surface area contributed by atoms with Gasteiger partial charge in [-0.05, 0) is 43.5 Å². The Morgan fingerprint density at radius 3 is 2.20 bits per heavy atom. The van der Waals surface area contributed by atoms with Gasteiger partial charge in [0.05, 0.1) is 12.7 Å². The number of amides is 2. The maximum atomic E-state index is 14.1. The Morgan fingerprint density at radius 1 is 1.03 bits per heavy atom. The van der Waals surface area contributed by atoms with E-state index in [0.29, 0.717) is 6.42 Å². The van der Waals surface area contributed by atoms with Gasteiger partial charge >= 0.3 is 0 Å². The maximum absolute atomic E-state index is 14.1. The number of hydrogen-bond acceptors (Lipinski definition) is 5. The lowest BCUT2D eigenvalue weighted by Gasteiger charge is -2.13. The second-order valence-corrected chi connectivity index (χ2v) is 7.87. The van der Waals surface area contributed by atoms with Crippen molar-refractivity contribution < 1.29 is 31.9 Å². The SMILES string of the molecule is COc1c(F)c(F)c(C(=O)NC(=S)Nc2sc3c(c2C(N)=O)CCCC3)c(F)c1F. The number of primary amides is 1. The molecule has 30 heavy (non-hydrogen) atoms. The van der Waals surface area contributed by atoms with Crippen LogP contribution >= 0.6 is 23.6 Å². The van der Waals surface area contributed by atoms with E-state index >= 15 is 0 Å². The molecule has 2 amide bonds. The van der Waals surface area contributed by atoms with Crippen molar-refractivity contribution in [2.24, 2.45) is 5.73 Å². The Morgan fingerprint density at radius 2 is 1.63 bits per heavy atom. The third-order valence-corrected chi connectivity index (χ3v) is 5.94. The van der Waals surface area contributed by atoms with Gasteiger partial charge in [-0.3, -0.25) is 14.9 Å². The van der Waals surface area contributed by atoms with Gasteiger partial charge in [-0.1, -0.05) is 0 Å². The van der Waals surface area contributed by atoms with Crippen LogP contribution in [0.5, 0.6) is 5.75 Å². The second-order valence-electron chi connectivity index (χ2n) is 6.35. The molecule has 0 radical (unpaired) electrons. The number of carbonyl (C=O) groups is 2. The summed E-state index contributed by atoms with van der Waals surface area (Å²) in [5.74, 6) is -11.1. The van der Waals surface area contributed by atoms with Gasteiger partial charge in [-0.15, -0.1) is 11.3 Å². The van der Waals surface area contributed by atoms with Crippen LogP contribution < -0.4 is 21.1 Å². The predicted octanol–water partition coefficient (Wildman–Crippen LogP) is 3.42. The average molecular weight is 461 g/mol. The summed E-state index contributed by atoms with van der Waals surface area (Å²) in [6, 6.07) is 0. The topological polar surface area (TPSA) is 93.4 Å². The number of thiophene rings is 1. The van der Waals surface area contributed by atoms with E-state index in [9.17, 15) is 27.2 Å². The Labute approximate surface area is 177 Å². The third-order valence-electron chi connectivity index (χ3n) is 4.53. The first-order valence-corrected chi connectivity index (χ1v) is 9.86. The first kappa shape index (κ1) is 22.0. The van der Waals surface area contributed by atoms with E-state index in [-0.39, 0.29) is 10.6 Å². The van der Waals surface area contributed by atoms with Crippen molar-refractivity contribution >= 4 is 45.5 Å². The van der Waals surface area contributed by atoms with Crippen LogP contribution in [0.1, 0.15) is 44.0 Å². The molecule has 1 aliphatic rings. The smallest absolute Gasteiger partial charge is 0.263 e. The summed E-state index contributed by atoms with van der Waals surface area (Å²) < 4.78 is 60.1. The number of ether oxygens (including phenoxy) is 1. The van der Waals surface area contributed by atoms with Crippen LogP contribution in [0.3, 0.4) is 0 Å². The summed E-state index contributed by atoms with van der Waals surface area (Å²) in [7, 11) is 0.816. The quantitative estimate of drug-likeness (QED) is 0.369. The van der Waals surface area contributed by atoms with Crippen molar-refractivity contribution in [3.8, 4) is 5.75 Å². The zero-order valence-electron chi connectivity index (χ0n) is 15.5. The van der Waals surface area contributed by atoms with Gasteiger partial charge < -0.3 is 15.8 Å². The molecule has 6 nitrogen and oxygen atoms in total. The predicted molar refractivity (Wildman–Crippen MR) is 106 cm³/mol. The van der Waals surface area contributed by atoms with Crippen LogP contribution in [-0.2, 0) is 12.8 Å². The zero-order chi connectivity index (χ0) is 22.2. The van der Waals surface area contributed by atoms with Crippen LogP contribution in [0.2, 0.25) is 0 Å². The fourth-order valence-electron chi connectivity index (χ4n) is 3.20. The average Bonchev–Trinajstić information content (AvgIpc) is 3.04. The third kappa shape index (κ3) is 3.84. The highest BCUT2D eigenvalue weighted by atomic mass is 32.1. The molecule has 1 heterocycles. The van der Waals surface area contributed by atoms with Crippen LogP contribution in [-0.4, -0.2) is 24.0 Å². The molecule has 2 aromatic rings. The number of nitrogens with one attached hydrogen (secondary N) is 2. The highest BCUT2D eigenvalue weighted by Crippen LogP contribution is 2.38. The number of carbonyl (C=O) groups excluding carboxylic acids is 2. The number of halogens is 4. The minimum absolute atomic E-state index is 0.227. The van der Waals surface area contributed by atoms with Crippen molar-refractivity contribution in [3.05, 3.63) is 44.8 Å². The molecule has 160 valence electrons. The molecule has 0 aliphatic heterocycles. The number of methoxy groups -OCH3 is 1. The molecule has 1 aromatic carbocycles. The molecule has 3 rings (SSSR count). The summed E-state index contributed by atoms with van der Waals surface area (Å²) in [5.41, 5.74) is 4.98. The first-order chi connectivity index (χ1) is 14.2. The van der Waals surface area contributed by atoms with E-state index in [1.807, 2.05) is 5.32 Å². The fourth-order valence-corrected chi connectivity index (χ4v) is 4.76. The van der Waals surface area contributed by atoms with Gasteiger partial charge in [0.1, 0.15) is 10.6 Å². The first-order valence-electron chi connectivity index (χ1n) is 8.63. The number of nitrogens with two attached hydrogens (primary N) is 1. The number of hydrogen-bond donors (Lipinski definition) is 3. The molecule has 4 N–H and O–H groups in total. The molecule has 0 saturated carbocycles. The van der Waals surface area contributed by atoms with Gasteiger partial charge in [-0.2, -0.15) is 8.78 Å². The molecule has 1 aromatic heterocycles. The standard InChI is InChI=1S/C18H15F4N3O3S2/c1-28-14-12(21)10(19)9(11(20)13(14)22)16(27)24-18(29)25-17-8(15(23)26)6-4-2-3-5-7(6)30-17/h2-5H2,1H3,(H2,23,26)(H2,24,25,27,29). The Hall–Kier alpha value is -2.73. The van der Waals surface area contributed by atoms with E-state index in [0.717, 1.165) is 36.8 Å². The molecule has 0 saturated heterocycles. The summed E-state index contributed by atoms with van der Waals surface area (Å²) in [6.07, 6.45) is 3.24. The number of benzene rings is 1. The van der Waals surface area contributed by atoms with Crippen molar-refractivity contribution in [2.45, 2.75) is 25.7 Å². The lowest BCUT2D eigenvalue weighted by atomic mass is 9.95. The molecule has 0 fully saturated rings. The molecule has 0 unspecified atom stereocenters. The van der Waals surface area contributed by atoms with E-state index < -0.39 is 51.5 Å². The van der Waals surface area contributed by atoms with Crippen molar-refractivity contribution in [1.29, 1.82) is 0 Å². The maximum Gasteiger partial charge on any atom is 0.263 e. The van der Waals surface area contributed by atoms with Crippen LogP contribution in [0.15, 0.2) is 0 Å².